The number of carbonyl (C=O) groups excluding carboxylic acids is 1. The summed E-state index contributed by atoms with van der Waals surface area (Å²) in [7, 11) is 0. The van der Waals surface area contributed by atoms with E-state index in [2.05, 4.69) is 11.9 Å². The van der Waals surface area contributed by atoms with Crippen molar-refractivity contribution in [3.8, 4) is 0 Å². The monoisotopic (exact) mass is 206 g/mol. The number of hydrogen-bond donors (Lipinski definition) is 1. The third kappa shape index (κ3) is 3.44. The second-order valence-electron chi connectivity index (χ2n) is 3.89. The number of nitrogens with zero attached hydrogens (tertiary/aromatic N) is 1. The van der Waals surface area contributed by atoms with Crippen molar-refractivity contribution in [2.45, 2.75) is 26.7 Å². The maximum atomic E-state index is 11.8. The fourth-order valence-electron chi connectivity index (χ4n) is 1.48. The van der Waals surface area contributed by atoms with Crippen LogP contribution in [0.15, 0.2) is 18.5 Å². The molecule has 0 fully saturated rings. The van der Waals surface area contributed by atoms with Crippen LogP contribution in [0.4, 0.5) is 0 Å². The molecular weight excluding hydrogens is 188 g/mol. The summed E-state index contributed by atoms with van der Waals surface area (Å²) in [4.78, 5) is 15.8. The largest absolute Gasteiger partial charge is 0.330 e. The van der Waals surface area contributed by atoms with Crippen molar-refractivity contribution in [1.29, 1.82) is 0 Å². The normalized spacial score (nSPS) is 12.5. The van der Waals surface area contributed by atoms with E-state index in [-0.39, 0.29) is 11.7 Å². The van der Waals surface area contributed by atoms with Gasteiger partial charge in [0, 0.05) is 24.4 Å². The molecule has 1 unspecified atom stereocenters. The Balaban J connectivity index is 2.68. The van der Waals surface area contributed by atoms with Gasteiger partial charge in [-0.25, -0.2) is 0 Å². The summed E-state index contributed by atoms with van der Waals surface area (Å²) in [6, 6.07) is 1.87. The number of Topliss-reactive ketones (excluding diaryl/α,β-unsaturated/α-hetero) is 1. The van der Waals surface area contributed by atoms with Crippen LogP contribution in [-0.2, 0) is 0 Å². The van der Waals surface area contributed by atoms with E-state index in [0.29, 0.717) is 18.5 Å². The van der Waals surface area contributed by atoms with Gasteiger partial charge in [-0.1, -0.05) is 13.3 Å². The van der Waals surface area contributed by atoms with Gasteiger partial charge in [-0.3, -0.25) is 9.78 Å². The molecule has 0 bridgehead atoms. The minimum atomic E-state index is 0.142. The maximum Gasteiger partial charge on any atom is 0.164 e. The van der Waals surface area contributed by atoms with Crippen LogP contribution in [0.25, 0.3) is 0 Å². The molecule has 82 valence electrons. The van der Waals surface area contributed by atoms with E-state index in [0.717, 1.165) is 12.0 Å². The van der Waals surface area contributed by atoms with E-state index in [1.807, 2.05) is 13.0 Å². The van der Waals surface area contributed by atoms with Gasteiger partial charge in [-0.15, -0.1) is 0 Å². The van der Waals surface area contributed by atoms with Crippen LogP contribution in [-0.4, -0.2) is 17.3 Å². The van der Waals surface area contributed by atoms with Crippen molar-refractivity contribution in [1.82, 2.24) is 4.98 Å². The molecule has 1 atom stereocenters. The van der Waals surface area contributed by atoms with E-state index in [9.17, 15) is 4.79 Å². The number of nitrogens with two attached hydrogens (primary N) is 1. The Labute approximate surface area is 90.7 Å². The highest BCUT2D eigenvalue weighted by Gasteiger charge is 2.12. The van der Waals surface area contributed by atoms with E-state index in [4.69, 9.17) is 5.73 Å². The molecule has 0 aliphatic heterocycles. The zero-order valence-corrected chi connectivity index (χ0v) is 9.36. The van der Waals surface area contributed by atoms with Gasteiger partial charge in [-0.2, -0.15) is 0 Å². The van der Waals surface area contributed by atoms with Crippen molar-refractivity contribution in [3.05, 3.63) is 29.6 Å². The third-order valence-electron chi connectivity index (χ3n) is 2.58. The molecule has 15 heavy (non-hydrogen) atoms. The van der Waals surface area contributed by atoms with Crippen molar-refractivity contribution < 1.29 is 4.79 Å². The van der Waals surface area contributed by atoms with Gasteiger partial charge in [0.2, 0.25) is 0 Å². The van der Waals surface area contributed by atoms with Crippen molar-refractivity contribution in [2.24, 2.45) is 11.7 Å². The van der Waals surface area contributed by atoms with E-state index < -0.39 is 0 Å². The average Bonchev–Trinajstić information content (AvgIpc) is 2.25. The molecule has 0 spiro atoms. The molecular formula is C12H18N2O. The number of aromatic nitrogens is 1. The smallest absolute Gasteiger partial charge is 0.164 e. The Morgan fingerprint density at radius 1 is 1.53 bits per heavy atom. The molecule has 0 saturated carbocycles. The highest BCUT2D eigenvalue weighted by molar-refractivity contribution is 5.96. The second kappa shape index (κ2) is 5.61. The maximum absolute atomic E-state index is 11.8. The number of ketones is 1. The first-order valence-corrected chi connectivity index (χ1v) is 5.32. The van der Waals surface area contributed by atoms with Crippen molar-refractivity contribution in [3.63, 3.8) is 0 Å². The topological polar surface area (TPSA) is 56.0 Å². The number of rotatable bonds is 5. The second-order valence-corrected chi connectivity index (χ2v) is 3.89. The van der Waals surface area contributed by atoms with Crippen molar-refractivity contribution in [2.75, 3.05) is 6.54 Å². The molecule has 3 nitrogen and oxygen atoms in total. The zero-order valence-electron chi connectivity index (χ0n) is 9.36. The minimum Gasteiger partial charge on any atom is -0.330 e. The first kappa shape index (κ1) is 11.9. The van der Waals surface area contributed by atoms with Gasteiger partial charge < -0.3 is 5.73 Å². The highest BCUT2D eigenvalue weighted by Crippen LogP contribution is 2.12. The van der Waals surface area contributed by atoms with Gasteiger partial charge in [0.05, 0.1) is 0 Å². The Kier molecular flexibility index (Phi) is 4.43. The predicted octanol–water partition coefficient (Wildman–Crippen LogP) is 1.95. The van der Waals surface area contributed by atoms with Crippen LogP contribution in [0.1, 0.15) is 35.7 Å². The lowest BCUT2D eigenvalue weighted by Gasteiger charge is -2.10. The van der Waals surface area contributed by atoms with Gasteiger partial charge in [0.1, 0.15) is 0 Å². The summed E-state index contributed by atoms with van der Waals surface area (Å²) in [5, 5.41) is 0. The minimum absolute atomic E-state index is 0.142. The Hall–Kier alpha value is -1.22. The molecule has 0 saturated heterocycles. The molecule has 0 radical (unpaired) electrons. The van der Waals surface area contributed by atoms with Crippen LogP contribution in [0.2, 0.25) is 0 Å². The molecule has 3 heteroatoms. The van der Waals surface area contributed by atoms with Gasteiger partial charge in [0.15, 0.2) is 5.78 Å². The lowest BCUT2D eigenvalue weighted by molar-refractivity contribution is 0.0961. The first-order chi connectivity index (χ1) is 7.17. The number of pyridine rings is 1. The quantitative estimate of drug-likeness (QED) is 0.749. The van der Waals surface area contributed by atoms with E-state index in [1.54, 1.807) is 12.4 Å². The molecule has 0 aliphatic carbocycles. The van der Waals surface area contributed by atoms with Crippen LogP contribution in [0.5, 0.6) is 0 Å². The van der Waals surface area contributed by atoms with Crippen LogP contribution < -0.4 is 5.73 Å². The lowest BCUT2D eigenvalue weighted by Crippen LogP contribution is -2.17. The third-order valence-corrected chi connectivity index (χ3v) is 2.58. The SMILES string of the molecule is CCC(CN)CC(=O)c1cncc(C)c1. The van der Waals surface area contributed by atoms with E-state index in [1.165, 1.54) is 0 Å². The Morgan fingerprint density at radius 2 is 2.27 bits per heavy atom. The molecule has 0 aliphatic rings. The zero-order chi connectivity index (χ0) is 11.3. The summed E-state index contributed by atoms with van der Waals surface area (Å²) < 4.78 is 0. The molecule has 2 N–H and O–H groups in total. The summed E-state index contributed by atoms with van der Waals surface area (Å²) >= 11 is 0. The Morgan fingerprint density at radius 3 is 2.80 bits per heavy atom. The van der Waals surface area contributed by atoms with Gasteiger partial charge in [-0.05, 0) is 31.0 Å². The average molecular weight is 206 g/mol. The lowest BCUT2D eigenvalue weighted by atomic mass is 9.96. The molecule has 0 aromatic carbocycles. The number of aryl methyl sites for hydroxylation is 1. The van der Waals surface area contributed by atoms with Gasteiger partial charge in [0.25, 0.3) is 0 Å². The summed E-state index contributed by atoms with van der Waals surface area (Å²) in [5.74, 6) is 0.432. The fraction of sp³-hybridized carbons (Fsp3) is 0.500. The van der Waals surface area contributed by atoms with Crippen molar-refractivity contribution >= 4 is 5.78 Å². The molecule has 0 amide bonds. The number of carbonyl (C=O) groups is 1. The number of hydrogen-bond acceptors (Lipinski definition) is 3. The molecule has 1 heterocycles. The molecule has 1 aromatic heterocycles. The van der Waals surface area contributed by atoms with Crippen LogP contribution >= 0.6 is 0 Å². The van der Waals surface area contributed by atoms with Gasteiger partial charge >= 0.3 is 0 Å². The van der Waals surface area contributed by atoms with Crippen LogP contribution in [0.3, 0.4) is 0 Å². The predicted molar refractivity (Wildman–Crippen MR) is 60.8 cm³/mol. The Bertz CT molecular complexity index is 332. The summed E-state index contributed by atoms with van der Waals surface area (Å²) in [6.07, 6.45) is 4.84. The summed E-state index contributed by atoms with van der Waals surface area (Å²) in [5.41, 5.74) is 7.28. The standard InChI is InChI=1S/C12H18N2O/c1-3-10(6-13)5-12(15)11-4-9(2)7-14-8-11/h4,7-8,10H,3,5-6,13H2,1-2H3. The molecule has 1 rings (SSSR count). The fourth-order valence-corrected chi connectivity index (χ4v) is 1.48. The highest BCUT2D eigenvalue weighted by atomic mass is 16.1. The van der Waals surface area contributed by atoms with Crippen LogP contribution in [0, 0.1) is 12.8 Å². The first-order valence-electron chi connectivity index (χ1n) is 5.32. The molecule has 1 aromatic rings. The summed E-state index contributed by atoms with van der Waals surface area (Å²) in [6.45, 7) is 4.56. The van der Waals surface area contributed by atoms with E-state index >= 15 is 0 Å².